The molecule has 5 heteroatoms. The van der Waals surface area contributed by atoms with Crippen molar-refractivity contribution in [3.8, 4) is 5.75 Å². The van der Waals surface area contributed by atoms with Gasteiger partial charge < -0.3 is 15.2 Å². The lowest BCUT2D eigenvalue weighted by Gasteiger charge is -2.32. The number of allylic oxidation sites excluding steroid dienone is 4. The van der Waals surface area contributed by atoms with Crippen molar-refractivity contribution in [2.24, 2.45) is 4.99 Å². The molecule has 6 rings (SSSR count). The highest BCUT2D eigenvalue weighted by Gasteiger charge is 2.36. The van der Waals surface area contributed by atoms with E-state index in [1.165, 1.54) is 21.9 Å². The number of nitrogens with one attached hydrogen (secondary N) is 1. The van der Waals surface area contributed by atoms with Crippen LogP contribution < -0.4 is 10.1 Å². The Hall–Kier alpha value is -2.92. The van der Waals surface area contributed by atoms with Crippen LogP contribution in [0.2, 0.25) is 0 Å². The molecule has 162 valence electrons. The molecule has 32 heavy (non-hydrogen) atoms. The van der Waals surface area contributed by atoms with Gasteiger partial charge in [0.25, 0.3) is 0 Å². The number of hydrogen-bond donors (Lipinski definition) is 2. The summed E-state index contributed by atoms with van der Waals surface area (Å²) in [5.41, 5.74) is 3.45. The van der Waals surface area contributed by atoms with Crippen LogP contribution in [0.4, 0.5) is 0 Å². The van der Waals surface area contributed by atoms with E-state index in [0.29, 0.717) is 5.76 Å². The van der Waals surface area contributed by atoms with Gasteiger partial charge in [-0.15, -0.1) is 11.8 Å². The lowest BCUT2D eigenvalue weighted by Crippen LogP contribution is -2.37. The highest BCUT2D eigenvalue weighted by atomic mass is 32.2. The number of ether oxygens (including phenoxy) is 1. The van der Waals surface area contributed by atoms with Gasteiger partial charge in [-0.05, 0) is 53.7 Å². The third-order valence-corrected chi connectivity index (χ3v) is 7.70. The number of rotatable bonds is 3. The fourth-order valence-electron chi connectivity index (χ4n) is 5.30. The number of aliphatic hydroxyl groups excluding tert-OH is 1. The zero-order valence-corrected chi connectivity index (χ0v) is 18.8. The number of fused-ring (bicyclic) bond motifs is 5. The van der Waals surface area contributed by atoms with Crippen LogP contribution in [0.1, 0.15) is 42.3 Å². The maximum absolute atomic E-state index is 10.5. The normalized spacial score (nSPS) is 28.2. The summed E-state index contributed by atoms with van der Waals surface area (Å²) in [6.45, 7) is 0. The number of aliphatic imine (C=N–C) groups is 1. The molecule has 2 N–H and O–H groups in total. The molecule has 2 aliphatic carbocycles. The molecule has 0 radical (unpaired) electrons. The number of aliphatic hydroxyl groups is 1. The van der Waals surface area contributed by atoms with E-state index < -0.39 is 0 Å². The van der Waals surface area contributed by atoms with Gasteiger partial charge in [0.15, 0.2) is 0 Å². The van der Waals surface area contributed by atoms with E-state index in [-0.39, 0.29) is 23.4 Å². The van der Waals surface area contributed by atoms with Crippen molar-refractivity contribution in [1.29, 1.82) is 0 Å². The van der Waals surface area contributed by atoms with Gasteiger partial charge in [-0.25, -0.2) is 0 Å². The van der Waals surface area contributed by atoms with Crippen LogP contribution in [-0.2, 0) is 0 Å². The number of nitrogens with zero attached hydrogens (tertiary/aromatic N) is 1. The standard InChI is InChI=1S/C27H26N2O2S/c1-32-25-15-21(28-27(29-25)18-10-4-6-12-22(18)30)20-14-24-26(17-9-3-2-8-16(17)20)19-11-5-7-13-23(19)31-24/h2-3,5-9,11-14,19,21,23,25,30H,4,10,15H2,1H3,(H,28,29). The molecule has 2 aliphatic heterocycles. The number of benzene rings is 2. The minimum Gasteiger partial charge on any atom is -0.508 e. The first-order chi connectivity index (χ1) is 15.7. The van der Waals surface area contributed by atoms with Crippen LogP contribution in [0.3, 0.4) is 0 Å². The average molecular weight is 443 g/mol. The molecule has 2 heterocycles. The molecule has 0 amide bonds. The Kier molecular flexibility index (Phi) is 4.87. The molecule has 4 unspecified atom stereocenters. The van der Waals surface area contributed by atoms with Crippen LogP contribution in [-0.4, -0.2) is 28.7 Å². The fraction of sp³-hybridized carbons (Fsp3) is 0.296. The van der Waals surface area contributed by atoms with E-state index >= 15 is 0 Å². The van der Waals surface area contributed by atoms with E-state index in [2.05, 4.69) is 66.2 Å². The van der Waals surface area contributed by atoms with Crippen molar-refractivity contribution in [2.45, 2.75) is 42.7 Å². The Bertz CT molecular complexity index is 1240. The predicted octanol–water partition coefficient (Wildman–Crippen LogP) is 6.09. The quantitative estimate of drug-likeness (QED) is 0.604. The Morgan fingerprint density at radius 3 is 2.84 bits per heavy atom. The molecule has 0 saturated carbocycles. The molecule has 4 atom stereocenters. The molecular formula is C27H26N2O2S. The lowest BCUT2D eigenvalue weighted by atomic mass is 9.85. The monoisotopic (exact) mass is 442 g/mol. The maximum atomic E-state index is 10.5. The Morgan fingerprint density at radius 1 is 1.16 bits per heavy atom. The zero-order chi connectivity index (χ0) is 21.7. The largest absolute Gasteiger partial charge is 0.508 e. The minimum atomic E-state index is 0.0696. The van der Waals surface area contributed by atoms with Gasteiger partial charge in [0.1, 0.15) is 23.4 Å². The highest BCUT2D eigenvalue weighted by molar-refractivity contribution is 7.99. The average Bonchev–Trinajstić information content (AvgIpc) is 3.22. The SMILES string of the molecule is CSC1CC(c2cc3c(c4ccccc24)C2C=CC=CC2O3)NC(C2=C(O)C=CCC2)=N1. The van der Waals surface area contributed by atoms with Gasteiger partial charge in [-0.1, -0.05) is 48.6 Å². The first-order valence-electron chi connectivity index (χ1n) is 11.3. The van der Waals surface area contributed by atoms with E-state index in [1.54, 1.807) is 17.8 Å². The second-order valence-corrected chi connectivity index (χ2v) is 9.72. The second-order valence-electron chi connectivity index (χ2n) is 8.71. The van der Waals surface area contributed by atoms with Crippen molar-refractivity contribution in [3.05, 3.63) is 89.2 Å². The van der Waals surface area contributed by atoms with Crippen molar-refractivity contribution in [2.75, 3.05) is 6.26 Å². The Balaban J connectivity index is 1.46. The van der Waals surface area contributed by atoms with Crippen molar-refractivity contribution >= 4 is 28.4 Å². The summed E-state index contributed by atoms with van der Waals surface area (Å²) in [6, 6.07) is 11.0. The van der Waals surface area contributed by atoms with Crippen LogP contribution in [0.15, 0.2) is 83.1 Å². The summed E-state index contributed by atoms with van der Waals surface area (Å²) in [5.74, 6) is 2.40. The van der Waals surface area contributed by atoms with Crippen molar-refractivity contribution < 1.29 is 9.84 Å². The molecule has 0 fully saturated rings. The number of thioether (sulfide) groups is 1. The van der Waals surface area contributed by atoms with Gasteiger partial charge in [0.2, 0.25) is 0 Å². The van der Waals surface area contributed by atoms with Gasteiger partial charge >= 0.3 is 0 Å². The van der Waals surface area contributed by atoms with E-state index in [1.807, 2.05) is 6.08 Å². The molecule has 0 aromatic heterocycles. The molecule has 0 saturated heterocycles. The van der Waals surface area contributed by atoms with Crippen LogP contribution in [0.5, 0.6) is 5.75 Å². The summed E-state index contributed by atoms with van der Waals surface area (Å²) in [4.78, 5) is 4.93. The Morgan fingerprint density at radius 2 is 2.00 bits per heavy atom. The molecule has 0 spiro atoms. The fourth-order valence-corrected chi connectivity index (χ4v) is 5.90. The second kappa shape index (κ2) is 7.89. The van der Waals surface area contributed by atoms with Gasteiger partial charge in [0.05, 0.1) is 11.4 Å². The van der Waals surface area contributed by atoms with E-state index in [9.17, 15) is 5.11 Å². The zero-order valence-electron chi connectivity index (χ0n) is 18.0. The minimum absolute atomic E-state index is 0.0696. The molecule has 2 aromatic rings. The molecular weight excluding hydrogens is 416 g/mol. The van der Waals surface area contributed by atoms with Gasteiger partial charge in [-0.2, -0.15) is 0 Å². The smallest absolute Gasteiger partial charge is 0.129 e. The Labute approximate surface area is 192 Å². The third-order valence-electron chi connectivity index (χ3n) is 6.86. The number of hydrogen-bond acceptors (Lipinski definition) is 5. The van der Waals surface area contributed by atoms with E-state index in [0.717, 1.165) is 36.4 Å². The lowest BCUT2D eigenvalue weighted by molar-refractivity contribution is 0.268. The van der Waals surface area contributed by atoms with Crippen LogP contribution >= 0.6 is 11.8 Å². The van der Waals surface area contributed by atoms with Crippen LogP contribution in [0, 0.1) is 0 Å². The summed E-state index contributed by atoms with van der Waals surface area (Å²) < 4.78 is 6.40. The molecule has 2 aromatic carbocycles. The maximum Gasteiger partial charge on any atom is 0.129 e. The molecule has 4 nitrogen and oxygen atoms in total. The molecule has 0 bridgehead atoms. The summed E-state index contributed by atoms with van der Waals surface area (Å²) in [7, 11) is 0. The first-order valence-corrected chi connectivity index (χ1v) is 12.5. The van der Waals surface area contributed by atoms with Crippen molar-refractivity contribution in [3.63, 3.8) is 0 Å². The molecule has 4 aliphatic rings. The summed E-state index contributed by atoms with van der Waals surface area (Å²) in [5, 5.41) is 16.8. The number of amidine groups is 1. The highest BCUT2D eigenvalue weighted by Crippen LogP contribution is 2.48. The van der Waals surface area contributed by atoms with Crippen LogP contribution in [0.25, 0.3) is 10.8 Å². The van der Waals surface area contributed by atoms with Crippen molar-refractivity contribution in [1.82, 2.24) is 5.32 Å². The van der Waals surface area contributed by atoms with E-state index in [4.69, 9.17) is 9.73 Å². The van der Waals surface area contributed by atoms with Gasteiger partial charge in [-0.3, -0.25) is 4.99 Å². The summed E-state index contributed by atoms with van der Waals surface area (Å²) >= 11 is 1.76. The first kappa shape index (κ1) is 19.7. The predicted molar refractivity (Wildman–Crippen MR) is 133 cm³/mol. The van der Waals surface area contributed by atoms with Gasteiger partial charge in [0, 0.05) is 23.5 Å². The topological polar surface area (TPSA) is 53.8 Å². The third kappa shape index (κ3) is 3.18. The summed E-state index contributed by atoms with van der Waals surface area (Å²) in [6.07, 6.45) is 17.2.